The van der Waals surface area contributed by atoms with Gasteiger partial charge in [-0.25, -0.2) is 0 Å². The van der Waals surface area contributed by atoms with Crippen LogP contribution >= 0.6 is 11.3 Å². The van der Waals surface area contributed by atoms with Crippen molar-refractivity contribution in [2.45, 2.75) is 11.8 Å². The minimum absolute atomic E-state index is 0.421. The number of hydrogen-bond acceptors (Lipinski definition) is 2. The van der Waals surface area contributed by atoms with Crippen LogP contribution in [0, 0.1) is 0 Å². The van der Waals surface area contributed by atoms with Gasteiger partial charge in [0, 0.05) is 31.3 Å². The maximum atomic E-state index is 2.53. The third kappa shape index (κ3) is 3.40. The van der Waals surface area contributed by atoms with Crippen LogP contribution in [0.5, 0.6) is 0 Å². The minimum atomic E-state index is -0.421. The first-order chi connectivity index (χ1) is 22.8. The van der Waals surface area contributed by atoms with E-state index in [0.717, 1.165) is 6.42 Å². The molecule has 0 N–H and O–H groups in total. The topological polar surface area (TPSA) is 3.24 Å². The molecular weight excluding hydrogens is 575 g/mol. The second kappa shape index (κ2) is 9.78. The smallest absolute Gasteiger partial charge is 0.0747 e. The molecule has 0 radical (unpaired) electrons. The zero-order valence-corrected chi connectivity index (χ0v) is 26.0. The zero-order chi connectivity index (χ0) is 30.2. The fourth-order valence-corrected chi connectivity index (χ4v) is 9.60. The van der Waals surface area contributed by atoms with Crippen molar-refractivity contribution in [3.63, 3.8) is 0 Å². The summed E-state index contributed by atoms with van der Waals surface area (Å²) in [7, 11) is 0. The monoisotopic (exact) mass is 603 g/mol. The Balaban J connectivity index is 1.29. The molecule has 7 aromatic carbocycles. The molecule has 1 aliphatic carbocycles. The van der Waals surface area contributed by atoms with Gasteiger partial charge in [-0.15, -0.1) is 11.3 Å². The van der Waals surface area contributed by atoms with Crippen molar-refractivity contribution in [2.75, 3.05) is 4.90 Å². The van der Waals surface area contributed by atoms with Crippen molar-refractivity contribution in [1.29, 1.82) is 0 Å². The summed E-state index contributed by atoms with van der Waals surface area (Å²) in [6.45, 7) is 0. The molecule has 0 saturated heterocycles. The lowest BCUT2D eigenvalue weighted by Gasteiger charge is -2.49. The van der Waals surface area contributed by atoms with Crippen LogP contribution < -0.4 is 4.90 Å². The Hall–Kier alpha value is -5.44. The number of thiophene rings is 1. The van der Waals surface area contributed by atoms with Crippen molar-refractivity contribution < 1.29 is 0 Å². The fourth-order valence-electron chi connectivity index (χ4n) is 8.37. The van der Waals surface area contributed by atoms with E-state index < -0.39 is 5.41 Å². The highest BCUT2D eigenvalue weighted by Crippen LogP contribution is 2.61. The van der Waals surface area contributed by atoms with Gasteiger partial charge < -0.3 is 4.90 Å². The molecule has 2 heteroatoms. The van der Waals surface area contributed by atoms with Gasteiger partial charge in [0.25, 0.3) is 0 Å². The predicted octanol–water partition coefficient (Wildman–Crippen LogP) is 11.8. The molecule has 0 atom stereocenters. The van der Waals surface area contributed by atoms with Crippen LogP contribution in [0.4, 0.5) is 17.1 Å². The molecule has 0 amide bonds. The SMILES string of the molecule is c1ccc2c(c1)Cc1ccccc1C21c2ccccc2N(c2ccccc2-c2cccc3c2sc2ccccc23)c2ccccc21. The molecular formula is C44H29NS. The molecule has 0 unspecified atom stereocenters. The summed E-state index contributed by atoms with van der Waals surface area (Å²) >= 11 is 1.89. The van der Waals surface area contributed by atoms with E-state index in [-0.39, 0.29) is 0 Å². The molecule has 1 aliphatic heterocycles. The number of rotatable bonds is 2. The number of para-hydroxylation sites is 3. The Morgan fingerprint density at radius 2 is 0.913 bits per heavy atom. The summed E-state index contributed by atoms with van der Waals surface area (Å²) in [5.74, 6) is 0. The normalized spacial score (nSPS) is 14.1. The first-order valence-corrected chi connectivity index (χ1v) is 16.8. The lowest BCUT2D eigenvalue weighted by atomic mass is 9.58. The average Bonchev–Trinajstić information content (AvgIpc) is 3.51. The van der Waals surface area contributed by atoms with Crippen LogP contribution in [0.15, 0.2) is 164 Å². The maximum Gasteiger partial charge on any atom is 0.0747 e. The molecule has 46 heavy (non-hydrogen) atoms. The third-order valence-corrected chi connectivity index (χ3v) is 11.4. The quantitative estimate of drug-likeness (QED) is 0.190. The molecule has 216 valence electrons. The van der Waals surface area contributed by atoms with Crippen LogP contribution in [0.3, 0.4) is 0 Å². The molecule has 10 rings (SSSR count). The molecule has 8 aromatic rings. The van der Waals surface area contributed by atoms with Gasteiger partial charge in [0.15, 0.2) is 0 Å². The second-order valence-corrected chi connectivity index (χ2v) is 13.5. The van der Waals surface area contributed by atoms with Crippen molar-refractivity contribution in [3.05, 3.63) is 197 Å². The van der Waals surface area contributed by atoms with E-state index in [0.29, 0.717) is 0 Å². The fraction of sp³-hybridized carbons (Fsp3) is 0.0455. The largest absolute Gasteiger partial charge is 0.309 e. The van der Waals surface area contributed by atoms with Gasteiger partial charge in [-0.1, -0.05) is 140 Å². The van der Waals surface area contributed by atoms with Gasteiger partial charge in [-0.2, -0.15) is 0 Å². The Bertz CT molecular complexity index is 2390. The summed E-state index contributed by atoms with van der Waals surface area (Å²) in [5, 5.41) is 2.65. The van der Waals surface area contributed by atoms with Crippen LogP contribution in [0.25, 0.3) is 31.3 Å². The van der Waals surface area contributed by atoms with Gasteiger partial charge in [0.05, 0.1) is 22.5 Å². The summed E-state index contributed by atoms with van der Waals surface area (Å²) in [6.07, 6.45) is 0.949. The molecule has 1 nitrogen and oxygen atoms in total. The number of benzene rings is 7. The van der Waals surface area contributed by atoms with E-state index >= 15 is 0 Å². The first-order valence-electron chi connectivity index (χ1n) is 16.0. The van der Waals surface area contributed by atoms with Crippen LogP contribution in [-0.4, -0.2) is 0 Å². The highest BCUT2D eigenvalue weighted by Gasteiger charge is 2.49. The van der Waals surface area contributed by atoms with Gasteiger partial charge in [-0.3, -0.25) is 0 Å². The average molecular weight is 604 g/mol. The van der Waals surface area contributed by atoms with E-state index in [1.54, 1.807) is 0 Å². The molecule has 0 bridgehead atoms. The summed E-state index contributed by atoms with van der Waals surface area (Å²) in [5.41, 5.74) is 14.0. The summed E-state index contributed by atoms with van der Waals surface area (Å²) < 4.78 is 2.66. The number of nitrogens with zero attached hydrogens (tertiary/aromatic N) is 1. The highest BCUT2D eigenvalue weighted by molar-refractivity contribution is 7.26. The van der Waals surface area contributed by atoms with Gasteiger partial charge in [-0.05, 0) is 64.1 Å². The van der Waals surface area contributed by atoms with E-state index in [1.807, 2.05) is 11.3 Å². The predicted molar refractivity (Wildman–Crippen MR) is 194 cm³/mol. The van der Waals surface area contributed by atoms with E-state index in [4.69, 9.17) is 0 Å². The highest BCUT2D eigenvalue weighted by atomic mass is 32.1. The Morgan fingerprint density at radius 1 is 0.413 bits per heavy atom. The molecule has 0 saturated carbocycles. The van der Waals surface area contributed by atoms with Crippen LogP contribution in [0.2, 0.25) is 0 Å². The molecule has 1 aromatic heterocycles. The lowest BCUT2D eigenvalue weighted by molar-refractivity contribution is 0.693. The minimum Gasteiger partial charge on any atom is -0.309 e. The number of anilines is 3. The molecule has 1 spiro atoms. The van der Waals surface area contributed by atoms with Crippen molar-refractivity contribution in [3.8, 4) is 11.1 Å². The summed E-state index contributed by atoms with van der Waals surface area (Å²) in [4.78, 5) is 2.53. The number of hydrogen-bond donors (Lipinski definition) is 0. The third-order valence-electron chi connectivity index (χ3n) is 10.2. The first kappa shape index (κ1) is 25.8. The van der Waals surface area contributed by atoms with E-state index in [9.17, 15) is 0 Å². The zero-order valence-electron chi connectivity index (χ0n) is 25.2. The molecule has 2 heterocycles. The van der Waals surface area contributed by atoms with Crippen LogP contribution in [-0.2, 0) is 11.8 Å². The maximum absolute atomic E-state index is 2.53. The van der Waals surface area contributed by atoms with Crippen molar-refractivity contribution >= 4 is 48.6 Å². The Morgan fingerprint density at radius 3 is 1.61 bits per heavy atom. The summed E-state index contributed by atoms with van der Waals surface area (Å²) in [6, 6.07) is 61.0. The van der Waals surface area contributed by atoms with Gasteiger partial charge in [0.2, 0.25) is 0 Å². The molecule has 2 aliphatic rings. The Labute approximate surface area is 272 Å². The second-order valence-electron chi connectivity index (χ2n) is 12.4. The lowest BCUT2D eigenvalue weighted by Crippen LogP contribution is -2.41. The Kier molecular flexibility index (Phi) is 5.49. The van der Waals surface area contributed by atoms with E-state index in [1.165, 1.54) is 81.7 Å². The van der Waals surface area contributed by atoms with E-state index in [2.05, 4.69) is 169 Å². The standard InChI is InChI=1S/C44H29NS/c1-5-20-35-29(14-1)28-30-15-2-6-21-36(30)44(35)37-22-7-10-25-40(37)45(41-26-11-8-23-38(41)44)39-24-9-3-16-31(39)33-18-13-19-34-32-17-4-12-27-42(32)46-43(33)34/h1-27H,28H2. The van der Waals surface area contributed by atoms with Gasteiger partial charge in [0.1, 0.15) is 0 Å². The van der Waals surface area contributed by atoms with Crippen LogP contribution in [0.1, 0.15) is 33.4 Å². The molecule has 0 fully saturated rings. The van der Waals surface area contributed by atoms with Gasteiger partial charge >= 0.3 is 0 Å². The number of fused-ring (bicyclic) bond motifs is 11. The van der Waals surface area contributed by atoms with Crippen molar-refractivity contribution in [2.24, 2.45) is 0 Å². The van der Waals surface area contributed by atoms with Crippen molar-refractivity contribution in [1.82, 2.24) is 0 Å².